The van der Waals surface area contributed by atoms with E-state index in [9.17, 15) is 28.6 Å². The molecule has 0 aromatic heterocycles. The van der Waals surface area contributed by atoms with E-state index < -0.39 is 40.8 Å². The molecule has 3 aromatic rings. The molecule has 0 bridgehead atoms. The Morgan fingerprint density at radius 2 is 1.67 bits per heavy atom. The first-order chi connectivity index (χ1) is 15.8. The number of hydrogen-bond donors (Lipinski definition) is 2. The first kappa shape index (κ1) is 20.5. The number of aromatic hydroxyl groups is 1. The number of phenolic OH excluding ortho intramolecular Hbond substituents is 1. The number of ketones is 1. The molecule has 1 atom stereocenters. The number of halogens is 2. The first-order valence-corrected chi connectivity index (χ1v) is 9.80. The molecule has 2 aliphatic heterocycles. The van der Waals surface area contributed by atoms with E-state index in [4.69, 9.17) is 9.47 Å². The summed E-state index contributed by atoms with van der Waals surface area (Å²) in [7, 11) is 0. The lowest BCUT2D eigenvalue weighted by atomic mass is 9.95. The fraction of sp³-hybridized carbons (Fsp3) is 0.0833. The smallest absolute Gasteiger partial charge is 0.300 e. The number of hydrogen-bond acceptors (Lipinski definition) is 6. The van der Waals surface area contributed by atoms with E-state index in [-0.39, 0.29) is 29.2 Å². The van der Waals surface area contributed by atoms with Gasteiger partial charge in [0.1, 0.15) is 23.1 Å². The van der Waals surface area contributed by atoms with E-state index in [1.807, 2.05) is 0 Å². The van der Waals surface area contributed by atoms with Crippen LogP contribution in [0, 0.1) is 11.6 Å². The summed E-state index contributed by atoms with van der Waals surface area (Å²) >= 11 is 0. The molecule has 3 aromatic carbocycles. The molecular weight excluding hydrogens is 436 g/mol. The van der Waals surface area contributed by atoms with Crippen LogP contribution in [0.15, 0.2) is 66.2 Å². The zero-order valence-electron chi connectivity index (χ0n) is 16.8. The van der Waals surface area contributed by atoms with Crippen molar-refractivity contribution in [2.45, 2.75) is 6.04 Å². The van der Waals surface area contributed by atoms with Crippen LogP contribution in [-0.2, 0) is 9.59 Å². The summed E-state index contributed by atoms with van der Waals surface area (Å²) in [6.45, 7) is -0.00367. The van der Waals surface area contributed by atoms with Crippen LogP contribution in [0.4, 0.5) is 14.5 Å². The maximum Gasteiger partial charge on any atom is 0.300 e. The van der Waals surface area contributed by atoms with Crippen molar-refractivity contribution in [2.24, 2.45) is 0 Å². The highest BCUT2D eigenvalue weighted by Crippen LogP contribution is 2.44. The summed E-state index contributed by atoms with van der Waals surface area (Å²) in [5.41, 5.74) is -0.327. The largest absolute Gasteiger partial charge is 0.508 e. The Kier molecular flexibility index (Phi) is 4.74. The van der Waals surface area contributed by atoms with Gasteiger partial charge in [-0.05, 0) is 48.0 Å². The van der Waals surface area contributed by atoms with Crippen LogP contribution in [0.1, 0.15) is 17.2 Å². The second-order valence-electron chi connectivity index (χ2n) is 7.42. The van der Waals surface area contributed by atoms with E-state index in [1.165, 1.54) is 42.5 Å². The third kappa shape index (κ3) is 3.34. The van der Waals surface area contributed by atoms with Crippen LogP contribution in [0.5, 0.6) is 17.2 Å². The van der Waals surface area contributed by atoms with E-state index in [0.717, 1.165) is 23.1 Å². The number of ether oxygens (including phenoxy) is 2. The average Bonchev–Trinajstić information content (AvgIpc) is 3.38. The predicted molar refractivity (Wildman–Crippen MR) is 112 cm³/mol. The number of Topliss-reactive ketones (excluding diaryl/α,β-unsaturated/α-hetero) is 1. The average molecular weight is 451 g/mol. The molecule has 0 saturated carbocycles. The zero-order valence-corrected chi connectivity index (χ0v) is 16.8. The lowest BCUT2D eigenvalue weighted by molar-refractivity contribution is -0.132. The van der Waals surface area contributed by atoms with Gasteiger partial charge in [-0.25, -0.2) is 8.78 Å². The van der Waals surface area contributed by atoms with Crippen molar-refractivity contribution in [2.75, 3.05) is 11.7 Å². The minimum Gasteiger partial charge on any atom is -0.508 e. The van der Waals surface area contributed by atoms with Crippen LogP contribution in [0.25, 0.3) is 5.76 Å². The van der Waals surface area contributed by atoms with Gasteiger partial charge in [0.05, 0.1) is 17.3 Å². The van der Waals surface area contributed by atoms with Crippen molar-refractivity contribution < 1.29 is 38.1 Å². The monoisotopic (exact) mass is 451 g/mol. The second kappa shape index (κ2) is 7.63. The van der Waals surface area contributed by atoms with Crippen LogP contribution >= 0.6 is 0 Å². The van der Waals surface area contributed by atoms with E-state index in [1.54, 1.807) is 0 Å². The quantitative estimate of drug-likeness (QED) is 0.355. The summed E-state index contributed by atoms with van der Waals surface area (Å²) in [6, 6.07) is 11.2. The van der Waals surface area contributed by atoms with Crippen molar-refractivity contribution in [3.05, 3.63) is 89.0 Å². The fourth-order valence-electron chi connectivity index (χ4n) is 3.92. The molecule has 33 heavy (non-hydrogen) atoms. The Morgan fingerprint density at radius 3 is 2.42 bits per heavy atom. The minimum atomic E-state index is -1.28. The minimum absolute atomic E-state index is 0.00367. The molecule has 1 unspecified atom stereocenters. The molecule has 1 amide bonds. The molecule has 2 N–H and O–H groups in total. The van der Waals surface area contributed by atoms with E-state index >= 15 is 0 Å². The maximum absolute atomic E-state index is 14.7. The van der Waals surface area contributed by atoms with Crippen molar-refractivity contribution in [3.63, 3.8) is 0 Å². The number of aliphatic hydroxyl groups excluding tert-OH is 1. The molecule has 166 valence electrons. The standard InChI is InChI=1S/C24H15F2NO6/c25-14-4-7-16(26)17(10-14)27-21(12-1-5-15(28)6-2-12)20(23(30)24(27)31)22(29)13-3-8-18-19(9-13)33-11-32-18/h1-10,21,28-29H,11H2/b22-20-. The Hall–Kier alpha value is -4.40. The highest BCUT2D eigenvalue weighted by Gasteiger charge is 2.48. The normalized spacial score (nSPS) is 18.7. The predicted octanol–water partition coefficient (Wildman–Crippen LogP) is 4.03. The van der Waals surface area contributed by atoms with Crippen molar-refractivity contribution in [1.82, 2.24) is 0 Å². The summed E-state index contributed by atoms with van der Waals surface area (Å²) in [5, 5.41) is 20.7. The van der Waals surface area contributed by atoms with Gasteiger partial charge in [-0.2, -0.15) is 0 Å². The zero-order chi connectivity index (χ0) is 23.3. The van der Waals surface area contributed by atoms with Crippen molar-refractivity contribution >= 4 is 23.1 Å². The first-order valence-electron chi connectivity index (χ1n) is 9.80. The molecule has 2 heterocycles. The number of anilines is 1. The van der Waals surface area contributed by atoms with Gasteiger partial charge in [0.25, 0.3) is 11.7 Å². The number of rotatable bonds is 3. The van der Waals surface area contributed by atoms with Gasteiger partial charge in [-0.1, -0.05) is 12.1 Å². The number of carbonyl (C=O) groups is 2. The summed E-state index contributed by atoms with van der Waals surface area (Å²) in [4.78, 5) is 26.9. The lowest BCUT2D eigenvalue weighted by Crippen LogP contribution is -2.30. The molecule has 0 radical (unpaired) electrons. The van der Waals surface area contributed by atoms with Gasteiger partial charge in [0, 0.05) is 11.6 Å². The van der Waals surface area contributed by atoms with Gasteiger partial charge < -0.3 is 19.7 Å². The number of nitrogens with zero attached hydrogens (tertiary/aromatic N) is 1. The molecule has 5 rings (SSSR count). The molecule has 7 nitrogen and oxygen atoms in total. The highest BCUT2D eigenvalue weighted by molar-refractivity contribution is 6.51. The Balaban J connectivity index is 1.73. The number of aliphatic hydroxyl groups is 1. The highest BCUT2D eigenvalue weighted by atomic mass is 19.1. The number of phenols is 1. The van der Waals surface area contributed by atoms with Gasteiger partial charge in [-0.3, -0.25) is 14.5 Å². The van der Waals surface area contributed by atoms with Gasteiger partial charge in [-0.15, -0.1) is 0 Å². The number of carbonyl (C=O) groups excluding carboxylic acids is 2. The Labute approximate surface area is 185 Å². The molecule has 1 saturated heterocycles. The van der Waals surface area contributed by atoms with Gasteiger partial charge in [0.2, 0.25) is 6.79 Å². The Morgan fingerprint density at radius 1 is 0.939 bits per heavy atom. The van der Waals surface area contributed by atoms with Gasteiger partial charge >= 0.3 is 0 Å². The molecule has 1 fully saturated rings. The number of benzene rings is 3. The summed E-state index contributed by atoms with van der Waals surface area (Å²) in [6.07, 6.45) is 0. The molecular formula is C24H15F2NO6. The van der Waals surface area contributed by atoms with Crippen molar-refractivity contribution in [1.29, 1.82) is 0 Å². The molecule has 0 aliphatic carbocycles. The SMILES string of the molecule is O=C1C(=O)N(c2cc(F)ccc2F)C(c2ccc(O)cc2)/C1=C(/O)c1ccc2c(c1)OCO2. The second-order valence-corrected chi connectivity index (χ2v) is 7.42. The molecule has 2 aliphatic rings. The van der Waals surface area contributed by atoms with Crippen LogP contribution < -0.4 is 14.4 Å². The van der Waals surface area contributed by atoms with E-state index in [0.29, 0.717) is 11.5 Å². The van der Waals surface area contributed by atoms with Crippen LogP contribution in [-0.4, -0.2) is 28.7 Å². The molecule has 9 heteroatoms. The third-order valence-corrected chi connectivity index (χ3v) is 5.47. The van der Waals surface area contributed by atoms with Crippen molar-refractivity contribution in [3.8, 4) is 17.2 Å². The van der Waals surface area contributed by atoms with E-state index in [2.05, 4.69) is 0 Å². The number of amides is 1. The van der Waals surface area contributed by atoms with Crippen LogP contribution in [0.2, 0.25) is 0 Å². The topological polar surface area (TPSA) is 96.3 Å². The Bertz CT molecular complexity index is 1340. The number of fused-ring (bicyclic) bond motifs is 1. The fourth-order valence-corrected chi connectivity index (χ4v) is 3.92. The summed E-state index contributed by atoms with van der Waals surface area (Å²) in [5.74, 6) is -3.77. The maximum atomic E-state index is 14.7. The lowest BCUT2D eigenvalue weighted by Gasteiger charge is -2.25. The van der Waals surface area contributed by atoms with Gasteiger partial charge in [0.15, 0.2) is 11.5 Å². The molecule has 0 spiro atoms. The summed E-state index contributed by atoms with van der Waals surface area (Å²) < 4.78 is 39.2. The third-order valence-electron chi connectivity index (χ3n) is 5.47. The van der Waals surface area contributed by atoms with Crippen LogP contribution in [0.3, 0.4) is 0 Å².